The molecule has 0 amide bonds. The Balaban J connectivity index is 1.83. The summed E-state index contributed by atoms with van der Waals surface area (Å²) in [6.45, 7) is 2.09. The van der Waals surface area contributed by atoms with Gasteiger partial charge in [0.15, 0.2) is 5.65 Å². The van der Waals surface area contributed by atoms with Gasteiger partial charge in [-0.2, -0.15) is 4.98 Å². The van der Waals surface area contributed by atoms with Crippen LogP contribution in [0, 0.1) is 0 Å². The van der Waals surface area contributed by atoms with Gasteiger partial charge in [-0.25, -0.2) is 4.52 Å². The monoisotopic (exact) mass is 394 g/mol. The Bertz CT molecular complexity index is 737. The minimum atomic E-state index is 0.143. The largest absolute Gasteiger partial charge is 0.346 e. The van der Waals surface area contributed by atoms with Gasteiger partial charge in [0.2, 0.25) is 5.95 Å². The van der Waals surface area contributed by atoms with E-state index in [2.05, 4.69) is 66.3 Å². The Morgan fingerprint density at radius 3 is 2.50 bits per heavy atom. The van der Waals surface area contributed by atoms with Gasteiger partial charge in [0.1, 0.15) is 0 Å². The molecule has 1 N–H and O–H groups in total. The summed E-state index contributed by atoms with van der Waals surface area (Å²) in [6.07, 6.45) is 1.89. The average Bonchev–Trinajstić information content (AvgIpc) is 2.80. The molecule has 20 heavy (non-hydrogen) atoms. The van der Waals surface area contributed by atoms with Crippen LogP contribution in [0.5, 0.6) is 0 Å². The molecule has 0 fully saturated rings. The molecule has 0 aliphatic heterocycles. The molecule has 3 aromatic rings. The van der Waals surface area contributed by atoms with Gasteiger partial charge in [-0.05, 0) is 52.7 Å². The van der Waals surface area contributed by atoms with E-state index in [0.717, 1.165) is 14.6 Å². The highest BCUT2D eigenvalue weighted by Crippen LogP contribution is 2.20. The minimum Gasteiger partial charge on any atom is -0.346 e. The first kappa shape index (κ1) is 13.6. The first-order chi connectivity index (χ1) is 9.61. The van der Waals surface area contributed by atoms with E-state index in [-0.39, 0.29) is 6.04 Å². The minimum absolute atomic E-state index is 0.143. The highest BCUT2D eigenvalue weighted by atomic mass is 79.9. The smallest absolute Gasteiger partial charge is 0.243 e. The fourth-order valence-corrected chi connectivity index (χ4v) is 2.54. The van der Waals surface area contributed by atoms with Crippen molar-refractivity contribution in [2.24, 2.45) is 0 Å². The Kier molecular flexibility index (Phi) is 3.76. The maximum absolute atomic E-state index is 4.45. The number of rotatable bonds is 3. The van der Waals surface area contributed by atoms with Crippen LogP contribution in [0.2, 0.25) is 0 Å². The van der Waals surface area contributed by atoms with Crippen LogP contribution < -0.4 is 5.32 Å². The molecular weight excluding hydrogens is 384 g/mol. The van der Waals surface area contributed by atoms with Gasteiger partial charge in [0.05, 0.1) is 6.04 Å². The highest BCUT2D eigenvalue weighted by molar-refractivity contribution is 9.10. The van der Waals surface area contributed by atoms with Crippen LogP contribution in [-0.4, -0.2) is 14.6 Å². The molecule has 4 nitrogen and oxygen atoms in total. The summed E-state index contributed by atoms with van der Waals surface area (Å²) < 4.78 is 3.80. The second-order valence-corrected chi connectivity index (χ2v) is 6.33. The molecule has 102 valence electrons. The molecule has 0 radical (unpaired) electrons. The number of pyridine rings is 1. The van der Waals surface area contributed by atoms with E-state index < -0.39 is 0 Å². The zero-order valence-corrected chi connectivity index (χ0v) is 13.9. The molecule has 0 spiro atoms. The number of halogens is 2. The molecule has 0 bridgehead atoms. The topological polar surface area (TPSA) is 42.2 Å². The predicted molar refractivity (Wildman–Crippen MR) is 86.9 cm³/mol. The third-order valence-corrected chi connectivity index (χ3v) is 4.01. The van der Waals surface area contributed by atoms with Crippen molar-refractivity contribution in [3.05, 3.63) is 57.1 Å². The van der Waals surface area contributed by atoms with E-state index in [1.165, 1.54) is 5.56 Å². The molecule has 0 saturated heterocycles. The summed E-state index contributed by atoms with van der Waals surface area (Å²) in [7, 11) is 0. The van der Waals surface area contributed by atoms with Gasteiger partial charge in [-0.1, -0.05) is 28.1 Å². The molecule has 2 aromatic heterocycles. The zero-order chi connectivity index (χ0) is 14.1. The lowest BCUT2D eigenvalue weighted by Crippen LogP contribution is -2.07. The number of anilines is 1. The molecule has 0 aliphatic carbocycles. The summed E-state index contributed by atoms with van der Waals surface area (Å²) in [5.74, 6) is 0.624. The number of hydrogen-bond donors (Lipinski definition) is 1. The predicted octanol–water partition coefficient (Wildman–Crippen LogP) is 4.43. The van der Waals surface area contributed by atoms with Crippen LogP contribution in [0.25, 0.3) is 5.65 Å². The molecular formula is C14H12Br2N4. The maximum atomic E-state index is 4.45. The van der Waals surface area contributed by atoms with Gasteiger partial charge in [-0.15, -0.1) is 5.10 Å². The Hall–Kier alpha value is -1.40. The van der Waals surface area contributed by atoms with E-state index in [1.807, 2.05) is 30.5 Å². The van der Waals surface area contributed by atoms with E-state index in [4.69, 9.17) is 0 Å². The van der Waals surface area contributed by atoms with Gasteiger partial charge < -0.3 is 5.32 Å². The standard InChI is InChI=1S/C14H12Br2N4/c1-9(10-2-4-11(15)5-3-10)17-14-18-13-7-6-12(16)8-20(13)19-14/h2-9H,1H3,(H,17,19). The van der Waals surface area contributed by atoms with Crippen molar-refractivity contribution in [2.45, 2.75) is 13.0 Å². The number of benzene rings is 1. The first-order valence-corrected chi connectivity index (χ1v) is 7.74. The van der Waals surface area contributed by atoms with Crippen molar-refractivity contribution < 1.29 is 0 Å². The summed E-state index contributed by atoms with van der Waals surface area (Å²) in [5, 5.41) is 7.72. The fraction of sp³-hybridized carbons (Fsp3) is 0.143. The lowest BCUT2D eigenvalue weighted by atomic mass is 10.1. The van der Waals surface area contributed by atoms with E-state index in [0.29, 0.717) is 5.95 Å². The third-order valence-electron chi connectivity index (χ3n) is 3.01. The lowest BCUT2D eigenvalue weighted by Gasteiger charge is -2.12. The Morgan fingerprint density at radius 2 is 1.75 bits per heavy atom. The van der Waals surface area contributed by atoms with Crippen molar-refractivity contribution in [3.63, 3.8) is 0 Å². The van der Waals surface area contributed by atoms with Gasteiger partial charge >= 0.3 is 0 Å². The van der Waals surface area contributed by atoms with Crippen LogP contribution in [0.4, 0.5) is 5.95 Å². The second-order valence-electron chi connectivity index (χ2n) is 4.50. The van der Waals surface area contributed by atoms with Crippen LogP contribution in [0.15, 0.2) is 51.5 Å². The maximum Gasteiger partial charge on any atom is 0.243 e. The Labute approximate surface area is 133 Å². The van der Waals surface area contributed by atoms with E-state index >= 15 is 0 Å². The number of hydrogen-bond acceptors (Lipinski definition) is 3. The fourth-order valence-electron chi connectivity index (χ4n) is 1.95. The van der Waals surface area contributed by atoms with Crippen molar-refractivity contribution in [3.8, 4) is 0 Å². The van der Waals surface area contributed by atoms with Crippen molar-refractivity contribution >= 4 is 43.5 Å². The summed E-state index contributed by atoms with van der Waals surface area (Å²) in [4.78, 5) is 4.45. The third kappa shape index (κ3) is 2.86. The van der Waals surface area contributed by atoms with Crippen molar-refractivity contribution in [2.75, 3.05) is 5.32 Å². The van der Waals surface area contributed by atoms with Crippen molar-refractivity contribution in [1.82, 2.24) is 14.6 Å². The molecule has 6 heteroatoms. The van der Waals surface area contributed by atoms with Crippen LogP contribution >= 0.6 is 31.9 Å². The van der Waals surface area contributed by atoms with Gasteiger partial charge in [0.25, 0.3) is 0 Å². The Morgan fingerprint density at radius 1 is 1.05 bits per heavy atom. The highest BCUT2D eigenvalue weighted by Gasteiger charge is 2.09. The molecule has 2 heterocycles. The molecule has 1 atom stereocenters. The van der Waals surface area contributed by atoms with E-state index in [1.54, 1.807) is 4.52 Å². The summed E-state index contributed by atoms with van der Waals surface area (Å²) in [5.41, 5.74) is 2.01. The number of fused-ring (bicyclic) bond motifs is 1. The summed E-state index contributed by atoms with van der Waals surface area (Å²) in [6, 6.07) is 12.2. The number of nitrogens with zero attached hydrogens (tertiary/aromatic N) is 3. The van der Waals surface area contributed by atoms with Crippen molar-refractivity contribution in [1.29, 1.82) is 0 Å². The van der Waals surface area contributed by atoms with Crippen LogP contribution in [0.3, 0.4) is 0 Å². The van der Waals surface area contributed by atoms with Crippen LogP contribution in [-0.2, 0) is 0 Å². The molecule has 3 rings (SSSR count). The zero-order valence-electron chi connectivity index (χ0n) is 10.7. The SMILES string of the molecule is CC(Nc1nc2ccc(Br)cn2n1)c1ccc(Br)cc1. The number of aromatic nitrogens is 3. The first-order valence-electron chi connectivity index (χ1n) is 6.16. The molecule has 1 unspecified atom stereocenters. The molecule has 1 aromatic carbocycles. The van der Waals surface area contributed by atoms with Gasteiger partial charge in [0, 0.05) is 15.1 Å². The lowest BCUT2D eigenvalue weighted by molar-refractivity contribution is 0.852. The van der Waals surface area contributed by atoms with E-state index in [9.17, 15) is 0 Å². The molecule has 0 aliphatic rings. The average molecular weight is 396 g/mol. The van der Waals surface area contributed by atoms with Crippen LogP contribution in [0.1, 0.15) is 18.5 Å². The quantitative estimate of drug-likeness (QED) is 0.713. The second kappa shape index (κ2) is 5.54. The van der Waals surface area contributed by atoms with Gasteiger partial charge in [-0.3, -0.25) is 0 Å². The number of nitrogens with one attached hydrogen (secondary N) is 1. The normalized spacial score (nSPS) is 12.6. The summed E-state index contributed by atoms with van der Waals surface area (Å²) >= 11 is 6.86. The molecule has 0 saturated carbocycles.